The third-order valence-corrected chi connectivity index (χ3v) is 8.82. The number of carboxylic acids is 1. The van der Waals surface area contributed by atoms with Crippen LogP contribution in [0.5, 0.6) is 11.6 Å². The highest BCUT2D eigenvalue weighted by Crippen LogP contribution is 2.49. The number of aromatic nitrogens is 1. The third-order valence-electron chi connectivity index (χ3n) is 8.82. The maximum atomic E-state index is 13.3. The minimum atomic E-state index is -4.47. The van der Waals surface area contributed by atoms with E-state index in [2.05, 4.69) is 28.1 Å². The predicted molar refractivity (Wildman–Crippen MR) is 135 cm³/mol. The number of halogens is 3. The number of fused-ring (bicyclic) bond motifs is 1. The number of nitrogens with zero attached hydrogens (tertiary/aromatic N) is 2. The Balaban J connectivity index is 1.31. The van der Waals surface area contributed by atoms with Crippen LogP contribution in [0.3, 0.4) is 0 Å². The summed E-state index contributed by atoms with van der Waals surface area (Å²) in [4.78, 5) is 17.9. The smallest absolute Gasteiger partial charge is 0.417 e. The number of alkyl halides is 3. The van der Waals surface area contributed by atoms with Gasteiger partial charge in [-0.05, 0) is 80.5 Å². The van der Waals surface area contributed by atoms with Crippen LogP contribution in [0.1, 0.15) is 80.2 Å². The van der Waals surface area contributed by atoms with Crippen molar-refractivity contribution < 1.29 is 32.5 Å². The lowest BCUT2D eigenvalue weighted by molar-refractivity contribution is -0.142. The predicted octanol–water partition coefficient (Wildman–Crippen LogP) is 6.24. The number of ether oxygens (including phenoxy) is 2. The monoisotopic (exact) mass is 532 g/mol. The molecule has 1 aliphatic carbocycles. The molecule has 0 amide bonds. The van der Waals surface area contributed by atoms with Crippen LogP contribution < -0.4 is 9.47 Å². The Bertz CT molecular complexity index is 1190. The molecule has 1 N–H and O–H groups in total. The van der Waals surface area contributed by atoms with Crippen LogP contribution in [-0.2, 0) is 17.4 Å². The molecule has 3 atom stereocenters. The Morgan fingerprint density at radius 2 is 1.89 bits per heavy atom. The van der Waals surface area contributed by atoms with Crippen LogP contribution in [0.4, 0.5) is 13.2 Å². The van der Waals surface area contributed by atoms with Crippen LogP contribution in [0.15, 0.2) is 30.5 Å². The molecule has 206 valence electrons. The summed E-state index contributed by atoms with van der Waals surface area (Å²) in [7, 11) is 1.42. The summed E-state index contributed by atoms with van der Waals surface area (Å²) < 4.78 is 52.0. The van der Waals surface area contributed by atoms with E-state index in [1.807, 2.05) is 6.92 Å². The SMILES string of the molecule is COc1ncc(C(F)(F)F)cc1C(C)N1CCC2(CCc3ccc(C(C4CC4)C(C)C(=O)O)cc3O2)CC1. The van der Waals surface area contributed by atoms with Gasteiger partial charge in [0, 0.05) is 30.9 Å². The molecular formula is C29H35F3N2O4. The minimum Gasteiger partial charge on any atom is -0.487 e. The van der Waals surface area contributed by atoms with Gasteiger partial charge in [-0.15, -0.1) is 0 Å². The van der Waals surface area contributed by atoms with Gasteiger partial charge in [0.15, 0.2) is 0 Å². The van der Waals surface area contributed by atoms with Crippen molar-refractivity contribution in [3.63, 3.8) is 0 Å². The van der Waals surface area contributed by atoms with E-state index in [4.69, 9.17) is 9.47 Å². The maximum Gasteiger partial charge on any atom is 0.417 e. The van der Waals surface area contributed by atoms with Gasteiger partial charge in [-0.2, -0.15) is 13.2 Å². The van der Waals surface area contributed by atoms with Gasteiger partial charge in [-0.25, -0.2) is 4.98 Å². The van der Waals surface area contributed by atoms with E-state index in [0.717, 1.165) is 67.7 Å². The molecule has 1 aromatic carbocycles. The number of carbonyl (C=O) groups is 1. The maximum absolute atomic E-state index is 13.3. The molecule has 2 aliphatic heterocycles. The van der Waals surface area contributed by atoms with Gasteiger partial charge >= 0.3 is 12.1 Å². The fraction of sp³-hybridized carbons (Fsp3) is 0.586. The van der Waals surface area contributed by atoms with Crippen molar-refractivity contribution in [2.75, 3.05) is 20.2 Å². The van der Waals surface area contributed by atoms with Gasteiger partial charge in [0.2, 0.25) is 5.88 Å². The van der Waals surface area contributed by atoms with Crippen molar-refractivity contribution in [2.24, 2.45) is 11.8 Å². The number of aliphatic carboxylic acids is 1. The first-order valence-electron chi connectivity index (χ1n) is 13.4. The van der Waals surface area contributed by atoms with Crippen molar-refractivity contribution in [3.05, 3.63) is 52.7 Å². The second kappa shape index (κ2) is 10.1. The lowest BCUT2D eigenvalue weighted by atomic mass is 9.80. The van der Waals surface area contributed by atoms with Crippen LogP contribution in [0, 0.1) is 11.8 Å². The molecule has 9 heteroatoms. The molecule has 1 spiro atoms. The van der Waals surface area contributed by atoms with Gasteiger partial charge in [0.1, 0.15) is 11.4 Å². The number of aryl methyl sites for hydroxylation is 1. The fourth-order valence-corrected chi connectivity index (χ4v) is 6.27. The summed E-state index contributed by atoms with van der Waals surface area (Å²) in [5.74, 6) is 0.224. The second-order valence-electron chi connectivity index (χ2n) is 11.2. The Kier molecular flexibility index (Phi) is 7.09. The molecule has 0 bridgehead atoms. The number of hydrogen-bond acceptors (Lipinski definition) is 5. The van der Waals surface area contributed by atoms with Crippen LogP contribution in [-0.4, -0.2) is 46.8 Å². The van der Waals surface area contributed by atoms with E-state index in [9.17, 15) is 23.1 Å². The number of rotatable bonds is 7. The molecule has 6 nitrogen and oxygen atoms in total. The highest BCUT2D eigenvalue weighted by Gasteiger charge is 2.43. The molecule has 5 rings (SSSR count). The van der Waals surface area contributed by atoms with E-state index >= 15 is 0 Å². The van der Waals surface area contributed by atoms with E-state index < -0.39 is 23.6 Å². The zero-order valence-electron chi connectivity index (χ0n) is 22.1. The average Bonchev–Trinajstić information content (AvgIpc) is 3.73. The molecule has 0 radical (unpaired) electrons. The fourth-order valence-electron chi connectivity index (χ4n) is 6.27. The minimum absolute atomic E-state index is 0.0157. The molecule has 1 saturated carbocycles. The molecule has 3 aliphatic rings. The number of hydrogen-bond donors (Lipinski definition) is 1. The number of piperidine rings is 1. The standard InChI is InChI=1S/C29H35F3N2O4/c1-17(27(35)36)25(20-5-6-20)21-7-4-19-8-9-28(38-24(19)14-21)10-12-34(13-11-28)18(2)23-15-22(29(30,31)32)16-33-26(23)37-3/h4,7,14-18,20,25H,5-6,8-13H2,1-3H3,(H,35,36). The Hall–Kier alpha value is -2.81. The lowest BCUT2D eigenvalue weighted by Gasteiger charge is -2.46. The van der Waals surface area contributed by atoms with Gasteiger partial charge < -0.3 is 14.6 Å². The Labute approximate surface area is 221 Å². The van der Waals surface area contributed by atoms with Gasteiger partial charge in [-0.3, -0.25) is 9.69 Å². The quantitative estimate of drug-likeness (QED) is 0.455. The molecule has 38 heavy (non-hydrogen) atoms. The van der Waals surface area contributed by atoms with Gasteiger partial charge in [0.25, 0.3) is 0 Å². The van der Waals surface area contributed by atoms with E-state index in [1.165, 1.54) is 7.11 Å². The molecule has 3 heterocycles. The largest absolute Gasteiger partial charge is 0.487 e. The molecule has 2 aromatic rings. The van der Waals surface area contributed by atoms with Crippen molar-refractivity contribution in [1.29, 1.82) is 0 Å². The first-order valence-corrected chi connectivity index (χ1v) is 13.4. The highest BCUT2D eigenvalue weighted by molar-refractivity contribution is 5.71. The zero-order valence-corrected chi connectivity index (χ0v) is 22.1. The second-order valence-corrected chi connectivity index (χ2v) is 11.2. The molecule has 2 fully saturated rings. The Morgan fingerprint density at radius 1 is 1.18 bits per heavy atom. The summed E-state index contributed by atoms with van der Waals surface area (Å²) in [6.07, 6.45) is 1.75. The average molecular weight is 533 g/mol. The van der Waals surface area contributed by atoms with Crippen LogP contribution in [0.25, 0.3) is 0 Å². The van der Waals surface area contributed by atoms with E-state index in [-0.39, 0.29) is 23.4 Å². The normalized spacial score (nSPS) is 21.7. The number of likely N-dealkylation sites (tertiary alicyclic amines) is 1. The molecule has 3 unspecified atom stereocenters. The lowest BCUT2D eigenvalue weighted by Crippen LogP contribution is -2.50. The summed E-state index contributed by atoms with van der Waals surface area (Å²) >= 11 is 0. The molecule has 1 saturated heterocycles. The van der Waals surface area contributed by atoms with Gasteiger partial charge in [-0.1, -0.05) is 19.1 Å². The summed E-state index contributed by atoms with van der Waals surface area (Å²) in [5.41, 5.74) is 1.50. The number of carboxylic acid groups (broad SMARTS) is 1. The number of benzene rings is 1. The topological polar surface area (TPSA) is 71.9 Å². The summed E-state index contributed by atoms with van der Waals surface area (Å²) in [6.45, 7) is 5.04. The number of methoxy groups -OCH3 is 1. The van der Waals surface area contributed by atoms with Crippen molar-refractivity contribution in [3.8, 4) is 11.6 Å². The van der Waals surface area contributed by atoms with Gasteiger partial charge in [0.05, 0.1) is 18.6 Å². The zero-order chi connectivity index (χ0) is 27.2. The summed E-state index contributed by atoms with van der Waals surface area (Å²) in [6, 6.07) is 7.07. The highest BCUT2D eigenvalue weighted by atomic mass is 19.4. The van der Waals surface area contributed by atoms with E-state index in [0.29, 0.717) is 24.6 Å². The van der Waals surface area contributed by atoms with E-state index in [1.54, 1.807) is 6.92 Å². The van der Waals surface area contributed by atoms with Crippen LogP contribution in [0.2, 0.25) is 0 Å². The van der Waals surface area contributed by atoms with Crippen LogP contribution >= 0.6 is 0 Å². The van der Waals surface area contributed by atoms with Crippen molar-refractivity contribution >= 4 is 5.97 Å². The molecule has 1 aromatic heterocycles. The number of pyridine rings is 1. The first-order chi connectivity index (χ1) is 18.0. The Morgan fingerprint density at radius 3 is 2.50 bits per heavy atom. The van der Waals surface area contributed by atoms with Crippen molar-refractivity contribution in [2.45, 2.75) is 76.1 Å². The third kappa shape index (κ3) is 5.22. The molecular weight excluding hydrogens is 497 g/mol. The first kappa shape index (κ1) is 26.8. The summed E-state index contributed by atoms with van der Waals surface area (Å²) in [5, 5.41) is 9.66. The van der Waals surface area contributed by atoms with Crippen molar-refractivity contribution in [1.82, 2.24) is 9.88 Å².